The van der Waals surface area contributed by atoms with Crippen molar-refractivity contribution < 1.29 is 4.74 Å². The predicted octanol–water partition coefficient (Wildman–Crippen LogP) is 2.37. The Labute approximate surface area is 148 Å². The van der Waals surface area contributed by atoms with Gasteiger partial charge >= 0.3 is 0 Å². The Hall–Kier alpha value is -2.21. The summed E-state index contributed by atoms with van der Waals surface area (Å²) in [6.07, 6.45) is 9.14. The third-order valence-corrected chi connectivity index (χ3v) is 5.61. The number of likely N-dealkylation sites (tertiary alicyclic amines) is 1. The van der Waals surface area contributed by atoms with Crippen molar-refractivity contribution >= 4 is 5.95 Å². The lowest BCUT2D eigenvalue weighted by atomic mass is 9.78. The van der Waals surface area contributed by atoms with Gasteiger partial charge in [-0.25, -0.2) is 15.0 Å². The van der Waals surface area contributed by atoms with Gasteiger partial charge in [-0.1, -0.05) is 6.07 Å². The summed E-state index contributed by atoms with van der Waals surface area (Å²) in [5, 5.41) is 0. The first kappa shape index (κ1) is 16.3. The molecular weight excluding hydrogens is 314 g/mol. The van der Waals surface area contributed by atoms with Gasteiger partial charge in [0, 0.05) is 50.3 Å². The number of aromatic nitrogens is 3. The lowest BCUT2D eigenvalue weighted by molar-refractivity contribution is 0.204. The number of hydrogen-bond donors (Lipinski definition) is 0. The summed E-state index contributed by atoms with van der Waals surface area (Å²) < 4.78 is 5.40. The number of methoxy groups -OCH3 is 1. The summed E-state index contributed by atoms with van der Waals surface area (Å²) in [5.41, 5.74) is 1.62. The molecule has 0 N–H and O–H groups in total. The fourth-order valence-electron chi connectivity index (χ4n) is 4.18. The first-order valence-electron chi connectivity index (χ1n) is 9.00. The van der Waals surface area contributed by atoms with Gasteiger partial charge in [0.1, 0.15) is 0 Å². The topological polar surface area (TPSA) is 54.4 Å². The minimum atomic E-state index is 0.445. The highest BCUT2D eigenvalue weighted by atomic mass is 16.5. The first-order chi connectivity index (χ1) is 12.3. The number of anilines is 1. The number of pyridine rings is 1. The summed E-state index contributed by atoms with van der Waals surface area (Å²) in [4.78, 5) is 18.0. The molecule has 6 nitrogen and oxygen atoms in total. The van der Waals surface area contributed by atoms with E-state index in [4.69, 9.17) is 4.74 Å². The van der Waals surface area contributed by atoms with E-state index in [2.05, 4.69) is 30.8 Å². The molecule has 2 aliphatic rings. The number of hydrogen-bond acceptors (Lipinski definition) is 6. The van der Waals surface area contributed by atoms with Crippen molar-refractivity contribution in [3.05, 3.63) is 42.4 Å². The highest BCUT2D eigenvalue weighted by Gasteiger charge is 2.40. The average molecular weight is 339 g/mol. The van der Waals surface area contributed by atoms with E-state index in [1.165, 1.54) is 24.8 Å². The van der Waals surface area contributed by atoms with Crippen LogP contribution in [0.4, 0.5) is 5.95 Å². The van der Waals surface area contributed by atoms with E-state index >= 15 is 0 Å². The van der Waals surface area contributed by atoms with Crippen molar-refractivity contribution in [1.82, 2.24) is 19.9 Å². The standard InChI is InChI=1S/C19H25N5O/c1-25-17-16(4-2-8-20-17)14-23-11-5-19(15-23)6-12-24(13-7-19)18-21-9-3-10-22-18/h2-4,8-10H,5-7,11-15H2,1H3. The van der Waals surface area contributed by atoms with Crippen molar-refractivity contribution in [3.63, 3.8) is 0 Å². The molecule has 0 radical (unpaired) electrons. The van der Waals surface area contributed by atoms with E-state index in [1.54, 1.807) is 13.3 Å². The van der Waals surface area contributed by atoms with Gasteiger partial charge in [0.2, 0.25) is 11.8 Å². The van der Waals surface area contributed by atoms with E-state index < -0.39 is 0 Å². The van der Waals surface area contributed by atoms with Crippen molar-refractivity contribution in [3.8, 4) is 5.88 Å². The van der Waals surface area contributed by atoms with Gasteiger partial charge in [0.05, 0.1) is 7.11 Å². The van der Waals surface area contributed by atoms with Crippen LogP contribution >= 0.6 is 0 Å². The van der Waals surface area contributed by atoms with Crippen LogP contribution in [0.5, 0.6) is 5.88 Å². The van der Waals surface area contributed by atoms with Gasteiger partial charge in [-0.2, -0.15) is 0 Å². The maximum absolute atomic E-state index is 5.40. The molecule has 0 saturated carbocycles. The van der Waals surface area contributed by atoms with Crippen molar-refractivity contribution in [2.24, 2.45) is 5.41 Å². The fourth-order valence-corrected chi connectivity index (χ4v) is 4.18. The smallest absolute Gasteiger partial charge is 0.225 e. The first-order valence-corrected chi connectivity index (χ1v) is 9.00. The quantitative estimate of drug-likeness (QED) is 0.852. The van der Waals surface area contributed by atoms with Crippen LogP contribution in [-0.4, -0.2) is 53.1 Å². The summed E-state index contributed by atoms with van der Waals surface area (Å²) in [5.74, 6) is 1.62. The second kappa shape index (κ2) is 6.96. The molecule has 0 atom stereocenters. The summed E-state index contributed by atoms with van der Waals surface area (Å²) in [6.45, 7) is 5.33. The minimum absolute atomic E-state index is 0.445. The Balaban J connectivity index is 1.36. The molecule has 0 aromatic carbocycles. The fraction of sp³-hybridized carbons (Fsp3) is 0.526. The summed E-state index contributed by atoms with van der Waals surface area (Å²) in [7, 11) is 1.69. The van der Waals surface area contributed by atoms with Crippen LogP contribution < -0.4 is 9.64 Å². The zero-order chi connectivity index (χ0) is 17.1. The highest BCUT2D eigenvalue weighted by molar-refractivity contribution is 5.30. The predicted molar refractivity (Wildman–Crippen MR) is 96.6 cm³/mol. The molecule has 4 heterocycles. The third kappa shape index (κ3) is 3.44. The maximum atomic E-state index is 5.40. The molecule has 2 aromatic rings. The monoisotopic (exact) mass is 339 g/mol. The lowest BCUT2D eigenvalue weighted by Crippen LogP contribution is -2.42. The normalized spacial score (nSPS) is 20.1. The Kier molecular flexibility index (Phi) is 4.53. The van der Waals surface area contributed by atoms with Crippen LogP contribution in [-0.2, 0) is 6.54 Å². The molecule has 0 amide bonds. The highest BCUT2D eigenvalue weighted by Crippen LogP contribution is 2.41. The number of rotatable bonds is 4. The molecule has 0 bridgehead atoms. The molecule has 2 aliphatic heterocycles. The maximum Gasteiger partial charge on any atom is 0.225 e. The number of ether oxygens (including phenoxy) is 1. The molecule has 2 saturated heterocycles. The second-order valence-electron chi connectivity index (χ2n) is 7.17. The molecule has 0 aliphatic carbocycles. The molecule has 2 aromatic heterocycles. The van der Waals surface area contributed by atoms with Crippen molar-refractivity contribution in [1.29, 1.82) is 0 Å². The molecule has 1 spiro atoms. The zero-order valence-corrected chi connectivity index (χ0v) is 14.8. The van der Waals surface area contributed by atoms with Crippen LogP contribution in [0.2, 0.25) is 0 Å². The Morgan fingerprint density at radius 2 is 1.72 bits per heavy atom. The van der Waals surface area contributed by atoms with E-state index in [0.29, 0.717) is 5.41 Å². The third-order valence-electron chi connectivity index (χ3n) is 5.61. The van der Waals surface area contributed by atoms with Crippen LogP contribution in [0.25, 0.3) is 0 Å². The van der Waals surface area contributed by atoms with Crippen molar-refractivity contribution in [2.75, 3.05) is 38.2 Å². The molecule has 132 valence electrons. The Morgan fingerprint density at radius 3 is 2.48 bits per heavy atom. The molecule has 2 fully saturated rings. The van der Waals surface area contributed by atoms with E-state index in [1.807, 2.05) is 24.5 Å². The Bertz CT molecular complexity index is 700. The molecular formula is C19H25N5O. The average Bonchev–Trinajstić information content (AvgIpc) is 3.06. The summed E-state index contributed by atoms with van der Waals surface area (Å²) >= 11 is 0. The van der Waals surface area contributed by atoms with Crippen molar-refractivity contribution in [2.45, 2.75) is 25.8 Å². The van der Waals surface area contributed by atoms with Gasteiger partial charge < -0.3 is 9.64 Å². The van der Waals surface area contributed by atoms with Gasteiger partial charge in [0.25, 0.3) is 0 Å². The van der Waals surface area contributed by atoms with Crippen LogP contribution in [0, 0.1) is 5.41 Å². The molecule has 0 unspecified atom stereocenters. The van der Waals surface area contributed by atoms with E-state index in [9.17, 15) is 0 Å². The molecule has 25 heavy (non-hydrogen) atoms. The largest absolute Gasteiger partial charge is 0.481 e. The van der Waals surface area contributed by atoms with E-state index in [0.717, 1.165) is 44.6 Å². The van der Waals surface area contributed by atoms with Crippen LogP contribution in [0.1, 0.15) is 24.8 Å². The molecule has 6 heteroatoms. The SMILES string of the molecule is COc1ncccc1CN1CCC2(CCN(c3ncccn3)CC2)C1. The van der Waals surface area contributed by atoms with Gasteiger partial charge in [0.15, 0.2) is 0 Å². The molecule has 4 rings (SSSR count). The minimum Gasteiger partial charge on any atom is -0.481 e. The number of piperidine rings is 1. The van der Waals surface area contributed by atoms with Gasteiger partial charge in [-0.15, -0.1) is 0 Å². The van der Waals surface area contributed by atoms with E-state index in [-0.39, 0.29) is 0 Å². The van der Waals surface area contributed by atoms with Gasteiger partial charge in [-0.3, -0.25) is 4.90 Å². The second-order valence-corrected chi connectivity index (χ2v) is 7.17. The van der Waals surface area contributed by atoms with Crippen LogP contribution in [0.15, 0.2) is 36.8 Å². The lowest BCUT2D eigenvalue weighted by Gasteiger charge is -2.39. The summed E-state index contributed by atoms with van der Waals surface area (Å²) in [6, 6.07) is 5.98. The Morgan fingerprint density at radius 1 is 1.00 bits per heavy atom. The number of nitrogens with zero attached hydrogens (tertiary/aromatic N) is 5. The van der Waals surface area contributed by atoms with Gasteiger partial charge in [-0.05, 0) is 43.4 Å². The van der Waals surface area contributed by atoms with Crippen LogP contribution in [0.3, 0.4) is 0 Å². The zero-order valence-electron chi connectivity index (χ0n) is 14.8.